The van der Waals surface area contributed by atoms with E-state index in [2.05, 4.69) is 29.4 Å². The highest BCUT2D eigenvalue weighted by molar-refractivity contribution is 7.89. The fourth-order valence-electron chi connectivity index (χ4n) is 2.59. The molecule has 0 spiro atoms. The Bertz CT molecular complexity index is 921. The Hall–Kier alpha value is -2.91. The Labute approximate surface area is 164 Å². The predicted octanol–water partition coefficient (Wildman–Crippen LogP) is 1.44. The summed E-state index contributed by atoms with van der Waals surface area (Å²) in [5.74, 6) is -1.57. The maximum atomic E-state index is 12.0. The maximum absolute atomic E-state index is 12.0. The molecule has 0 radical (unpaired) electrons. The summed E-state index contributed by atoms with van der Waals surface area (Å²) in [5, 5.41) is 10.1. The Morgan fingerprint density at radius 2 is 1.50 bits per heavy atom. The van der Waals surface area contributed by atoms with Gasteiger partial charge in [-0.15, -0.1) is 0 Å². The molecule has 9 heteroatoms. The van der Waals surface area contributed by atoms with E-state index in [1.54, 1.807) is 12.1 Å². The van der Waals surface area contributed by atoms with Crippen LogP contribution in [0.2, 0.25) is 0 Å². The first-order valence-corrected chi connectivity index (χ1v) is 10.3. The summed E-state index contributed by atoms with van der Waals surface area (Å²) in [6.07, 6.45) is 0. The van der Waals surface area contributed by atoms with Crippen molar-refractivity contribution in [3.05, 3.63) is 54.1 Å². The van der Waals surface area contributed by atoms with Crippen LogP contribution in [0, 0.1) is 0 Å². The SMILES string of the molecule is CCN(CC)c1ccc(NC(=O)C(=O)NCc2ccc(S(N)(=O)=O)cc2)cc1. The highest BCUT2D eigenvalue weighted by atomic mass is 32.2. The second-order valence-corrected chi connectivity index (χ2v) is 7.61. The van der Waals surface area contributed by atoms with Crippen molar-refractivity contribution in [1.29, 1.82) is 0 Å². The van der Waals surface area contributed by atoms with Gasteiger partial charge in [-0.2, -0.15) is 0 Å². The van der Waals surface area contributed by atoms with Crippen molar-refractivity contribution >= 4 is 33.2 Å². The molecule has 0 fully saturated rings. The normalized spacial score (nSPS) is 11.0. The van der Waals surface area contributed by atoms with Crippen LogP contribution >= 0.6 is 0 Å². The van der Waals surface area contributed by atoms with E-state index in [-0.39, 0.29) is 11.4 Å². The van der Waals surface area contributed by atoms with Gasteiger partial charge in [0.15, 0.2) is 0 Å². The summed E-state index contributed by atoms with van der Waals surface area (Å²) in [6.45, 7) is 5.96. The zero-order chi connectivity index (χ0) is 20.7. The van der Waals surface area contributed by atoms with Gasteiger partial charge in [0, 0.05) is 31.0 Å². The number of carbonyl (C=O) groups excluding carboxylic acids is 2. The van der Waals surface area contributed by atoms with Crippen LogP contribution in [0.3, 0.4) is 0 Å². The quantitative estimate of drug-likeness (QED) is 0.603. The van der Waals surface area contributed by atoms with E-state index >= 15 is 0 Å². The van der Waals surface area contributed by atoms with Crippen LogP contribution in [0.1, 0.15) is 19.4 Å². The number of sulfonamides is 1. The van der Waals surface area contributed by atoms with Gasteiger partial charge < -0.3 is 15.5 Å². The molecule has 150 valence electrons. The molecule has 0 bridgehead atoms. The Morgan fingerprint density at radius 1 is 0.929 bits per heavy atom. The van der Waals surface area contributed by atoms with Crippen molar-refractivity contribution in [2.75, 3.05) is 23.3 Å². The molecule has 2 aromatic carbocycles. The van der Waals surface area contributed by atoms with E-state index in [9.17, 15) is 18.0 Å². The van der Waals surface area contributed by atoms with E-state index in [1.807, 2.05) is 12.1 Å². The number of primary sulfonamides is 1. The first kappa shape index (κ1) is 21.4. The van der Waals surface area contributed by atoms with E-state index < -0.39 is 21.8 Å². The van der Waals surface area contributed by atoms with Crippen LogP contribution in [0.25, 0.3) is 0 Å². The number of rotatable bonds is 7. The minimum atomic E-state index is -3.77. The number of amides is 2. The monoisotopic (exact) mass is 404 g/mol. The van der Waals surface area contributed by atoms with Gasteiger partial charge in [0.1, 0.15) is 0 Å². The molecule has 2 amide bonds. The number of nitrogens with zero attached hydrogens (tertiary/aromatic N) is 1. The molecule has 8 nitrogen and oxygen atoms in total. The third-order valence-corrected chi connectivity index (χ3v) is 5.09. The van der Waals surface area contributed by atoms with Gasteiger partial charge in [0.25, 0.3) is 0 Å². The van der Waals surface area contributed by atoms with Crippen LogP contribution in [-0.4, -0.2) is 33.3 Å². The van der Waals surface area contributed by atoms with Crippen molar-refractivity contribution < 1.29 is 18.0 Å². The number of benzene rings is 2. The predicted molar refractivity (Wildman–Crippen MR) is 108 cm³/mol. The minimum absolute atomic E-state index is 0.0199. The average Bonchev–Trinajstić information content (AvgIpc) is 2.68. The Balaban J connectivity index is 1.90. The van der Waals surface area contributed by atoms with Gasteiger partial charge in [0.2, 0.25) is 10.0 Å². The van der Waals surface area contributed by atoms with E-state index in [0.29, 0.717) is 11.3 Å². The fraction of sp³-hybridized carbons (Fsp3) is 0.263. The number of nitrogens with one attached hydrogen (secondary N) is 2. The van der Waals surface area contributed by atoms with Crippen LogP contribution in [0.15, 0.2) is 53.4 Å². The number of carbonyl (C=O) groups is 2. The molecule has 0 aliphatic carbocycles. The van der Waals surface area contributed by atoms with E-state index in [0.717, 1.165) is 18.8 Å². The van der Waals surface area contributed by atoms with Gasteiger partial charge in [-0.1, -0.05) is 12.1 Å². The molecule has 0 aliphatic rings. The largest absolute Gasteiger partial charge is 0.372 e. The van der Waals surface area contributed by atoms with Crippen molar-refractivity contribution in [1.82, 2.24) is 5.32 Å². The number of hydrogen-bond acceptors (Lipinski definition) is 5. The summed E-state index contributed by atoms with van der Waals surface area (Å²) in [6, 6.07) is 13.0. The molecule has 28 heavy (non-hydrogen) atoms. The summed E-state index contributed by atoms with van der Waals surface area (Å²) in [5.41, 5.74) is 2.20. The molecule has 4 N–H and O–H groups in total. The maximum Gasteiger partial charge on any atom is 0.313 e. The van der Waals surface area contributed by atoms with Gasteiger partial charge in [-0.25, -0.2) is 13.6 Å². The van der Waals surface area contributed by atoms with Crippen molar-refractivity contribution in [2.45, 2.75) is 25.3 Å². The highest BCUT2D eigenvalue weighted by Crippen LogP contribution is 2.17. The Kier molecular flexibility index (Phi) is 7.13. The fourth-order valence-corrected chi connectivity index (χ4v) is 3.11. The number of nitrogens with two attached hydrogens (primary N) is 1. The molecule has 0 saturated heterocycles. The molecule has 0 aliphatic heterocycles. The van der Waals surface area contributed by atoms with E-state index in [1.165, 1.54) is 24.3 Å². The van der Waals surface area contributed by atoms with E-state index in [4.69, 9.17) is 5.14 Å². The zero-order valence-electron chi connectivity index (χ0n) is 15.8. The lowest BCUT2D eigenvalue weighted by molar-refractivity contribution is -0.136. The summed E-state index contributed by atoms with van der Waals surface area (Å²) in [4.78, 5) is 26.1. The first-order chi connectivity index (χ1) is 13.2. The smallest absolute Gasteiger partial charge is 0.313 e. The summed E-state index contributed by atoms with van der Waals surface area (Å²) < 4.78 is 22.4. The number of hydrogen-bond donors (Lipinski definition) is 3. The molecule has 0 heterocycles. The lowest BCUT2D eigenvalue weighted by atomic mass is 10.2. The minimum Gasteiger partial charge on any atom is -0.372 e. The van der Waals surface area contributed by atoms with Crippen LogP contribution in [-0.2, 0) is 26.2 Å². The molecule has 2 aromatic rings. The molecule has 0 aromatic heterocycles. The van der Waals surface area contributed by atoms with Gasteiger partial charge in [-0.3, -0.25) is 9.59 Å². The standard InChI is InChI=1S/C19H24N4O4S/c1-3-23(4-2)16-9-7-15(8-10-16)22-19(25)18(24)21-13-14-5-11-17(12-6-14)28(20,26)27/h5-12H,3-4,13H2,1-2H3,(H,21,24)(H,22,25)(H2,20,26,27). The van der Waals surface area contributed by atoms with Gasteiger partial charge >= 0.3 is 11.8 Å². The van der Waals surface area contributed by atoms with Gasteiger partial charge in [-0.05, 0) is 55.8 Å². The Morgan fingerprint density at radius 3 is 2.00 bits per heavy atom. The summed E-state index contributed by atoms with van der Waals surface area (Å²) in [7, 11) is -3.77. The van der Waals surface area contributed by atoms with Crippen LogP contribution in [0.5, 0.6) is 0 Å². The third kappa shape index (κ3) is 5.80. The van der Waals surface area contributed by atoms with Crippen LogP contribution in [0.4, 0.5) is 11.4 Å². The van der Waals surface area contributed by atoms with Crippen molar-refractivity contribution in [2.24, 2.45) is 5.14 Å². The zero-order valence-corrected chi connectivity index (χ0v) is 16.6. The average molecular weight is 404 g/mol. The number of anilines is 2. The molecular weight excluding hydrogens is 380 g/mol. The second kappa shape index (κ2) is 9.34. The molecule has 0 atom stereocenters. The second-order valence-electron chi connectivity index (χ2n) is 6.04. The molecule has 2 rings (SSSR count). The lowest BCUT2D eigenvalue weighted by Gasteiger charge is -2.21. The first-order valence-electron chi connectivity index (χ1n) is 8.80. The van der Waals surface area contributed by atoms with Gasteiger partial charge in [0.05, 0.1) is 4.90 Å². The van der Waals surface area contributed by atoms with Crippen molar-refractivity contribution in [3.63, 3.8) is 0 Å². The molecule has 0 saturated carbocycles. The molecule has 0 unspecified atom stereocenters. The van der Waals surface area contributed by atoms with Crippen molar-refractivity contribution in [3.8, 4) is 0 Å². The van der Waals surface area contributed by atoms with Crippen LogP contribution < -0.4 is 20.7 Å². The topological polar surface area (TPSA) is 122 Å². The summed E-state index contributed by atoms with van der Waals surface area (Å²) >= 11 is 0. The lowest BCUT2D eigenvalue weighted by Crippen LogP contribution is -2.35. The third-order valence-electron chi connectivity index (χ3n) is 4.16. The highest BCUT2D eigenvalue weighted by Gasteiger charge is 2.14. The molecular formula is C19H24N4O4S.